The van der Waals surface area contributed by atoms with Gasteiger partial charge >= 0.3 is 0 Å². The lowest BCUT2D eigenvalue weighted by molar-refractivity contribution is 0.290. The summed E-state index contributed by atoms with van der Waals surface area (Å²) in [6, 6.07) is 18.3. The van der Waals surface area contributed by atoms with Crippen molar-refractivity contribution in [2.75, 3.05) is 20.8 Å². The highest BCUT2D eigenvalue weighted by molar-refractivity contribution is 5.29. The standard InChI is InChI=1S/C17H21NO2/c1-18-17(14-8-10-15(19-2)11-9-14)12-13-20-16-6-4-3-5-7-16/h3-11,17-18H,12-13H2,1-2H3. The molecule has 0 saturated heterocycles. The smallest absolute Gasteiger partial charge is 0.119 e. The number of methoxy groups -OCH3 is 1. The van der Waals surface area contributed by atoms with Crippen LogP contribution in [0.3, 0.4) is 0 Å². The summed E-state index contributed by atoms with van der Waals surface area (Å²) in [7, 11) is 3.65. The molecule has 0 spiro atoms. The van der Waals surface area contributed by atoms with Gasteiger partial charge in [-0.05, 0) is 36.9 Å². The highest BCUT2D eigenvalue weighted by Crippen LogP contribution is 2.20. The molecule has 1 N–H and O–H groups in total. The monoisotopic (exact) mass is 271 g/mol. The van der Waals surface area contributed by atoms with Crippen LogP contribution < -0.4 is 14.8 Å². The first kappa shape index (κ1) is 14.4. The fraction of sp³-hybridized carbons (Fsp3) is 0.294. The van der Waals surface area contributed by atoms with Crippen LogP contribution in [0.25, 0.3) is 0 Å². The molecule has 0 amide bonds. The quantitative estimate of drug-likeness (QED) is 0.837. The van der Waals surface area contributed by atoms with Crippen molar-refractivity contribution < 1.29 is 9.47 Å². The van der Waals surface area contributed by atoms with Gasteiger partial charge in [0.25, 0.3) is 0 Å². The van der Waals surface area contributed by atoms with Crippen molar-refractivity contribution in [2.45, 2.75) is 12.5 Å². The predicted molar refractivity (Wildman–Crippen MR) is 81.3 cm³/mol. The van der Waals surface area contributed by atoms with Gasteiger partial charge < -0.3 is 14.8 Å². The van der Waals surface area contributed by atoms with Crippen LogP contribution >= 0.6 is 0 Å². The molecule has 0 aromatic heterocycles. The summed E-state index contributed by atoms with van der Waals surface area (Å²) in [6.45, 7) is 0.682. The van der Waals surface area contributed by atoms with Gasteiger partial charge in [-0.1, -0.05) is 30.3 Å². The number of hydrogen-bond donors (Lipinski definition) is 1. The first-order valence-electron chi connectivity index (χ1n) is 6.82. The van der Waals surface area contributed by atoms with Crippen molar-refractivity contribution in [3.8, 4) is 11.5 Å². The number of benzene rings is 2. The first-order chi connectivity index (χ1) is 9.83. The van der Waals surface area contributed by atoms with Gasteiger partial charge in [-0.15, -0.1) is 0 Å². The van der Waals surface area contributed by atoms with Crippen LogP contribution in [-0.2, 0) is 0 Å². The number of ether oxygens (including phenoxy) is 2. The highest BCUT2D eigenvalue weighted by Gasteiger charge is 2.09. The first-order valence-corrected chi connectivity index (χ1v) is 6.82. The Bertz CT molecular complexity index is 496. The summed E-state index contributed by atoms with van der Waals surface area (Å²) in [5.41, 5.74) is 1.24. The Balaban J connectivity index is 1.88. The molecule has 1 atom stereocenters. The molecule has 0 saturated carbocycles. The second kappa shape index (κ2) is 7.56. The van der Waals surface area contributed by atoms with E-state index in [1.807, 2.05) is 49.5 Å². The number of nitrogens with one attached hydrogen (secondary N) is 1. The third-order valence-electron chi connectivity index (χ3n) is 3.29. The van der Waals surface area contributed by atoms with Crippen LogP contribution in [0.4, 0.5) is 0 Å². The van der Waals surface area contributed by atoms with Crippen molar-refractivity contribution in [2.24, 2.45) is 0 Å². The van der Waals surface area contributed by atoms with Gasteiger partial charge in [-0.2, -0.15) is 0 Å². The van der Waals surface area contributed by atoms with Gasteiger partial charge in [0.2, 0.25) is 0 Å². The number of para-hydroxylation sites is 1. The molecule has 0 radical (unpaired) electrons. The SMILES string of the molecule is CNC(CCOc1ccccc1)c1ccc(OC)cc1. The summed E-state index contributed by atoms with van der Waals surface area (Å²) in [4.78, 5) is 0. The summed E-state index contributed by atoms with van der Waals surface area (Å²) >= 11 is 0. The van der Waals surface area contributed by atoms with E-state index in [1.54, 1.807) is 7.11 Å². The summed E-state index contributed by atoms with van der Waals surface area (Å²) in [5, 5.41) is 3.32. The van der Waals surface area contributed by atoms with E-state index < -0.39 is 0 Å². The molecule has 0 fully saturated rings. The number of rotatable bonds is 7. The van der Waals surface area contributed by atoms with Crippen LogP contribution in [0.2, 0.25) is 0 Å². The third-order valence-corrected chi connectivity index (χ3v) is 3.29. The predicted octanol–water partition coefficient (Wildman–Crippen LogP) is 3.42. The van der Waals surface area contributed by atoms with Gasteiger partial charge in [0.1, 0.15) is 11.5 Å². The van der Waals surface area contributed by atoms with E-state index >= 15 is 0 Å². The Labute approximate surface area is 120 Å². The van der Waals surface area contributed by atoms with E-state index in [-0.39, 0.29) is 6.04 Å². The second-order valence-electron chi connectivity index (χ2n) is 4.56. The van der Waals surface area contributed by atoms with E-state index in [1.165, 1.54) is 5.56 Å². The van der Waals surface area contributed by atoms with Crippen LogP contribution in [0, 0.1) is 0 Å². The minimum absolute atomic E-state index is 0.282. The van der Waals surface area contributed by atoms with E-state index in [0.29, 0.717) is 6.61 Å². The maximum Gasteiger partial charge on any atom is 0.119 e. The fourth-order valence-electron chi connectivity index (χ4n) is 2.13. The molecule has 106 valence electrons. The summed E-state index contributed by atoms with van der Waals surface area (Å²) in [5.74, 6) is 1.79. The zero-order chi connectivity index (χ0) is 14.2. The Morgan fingerprint density at radius 2 is 1.65 bits per heavy atom. The topological polar surface area (TPSA) is 30.5 Å². The lowest BCUT2D eigenvalue weighted by atomic mass is 10.0. The molecule has 2 aromatic rings. The molecule has 0 aliphatic heterocycles. The second-order valence-corrected chi connectivity index (χ2v) is 4.56. The van der Waals surface area contributed by atoms with E-state index in [4.69, 9.17) is 9.47 Å². The molecule has 20 heavy (non-hydrogen) atoms. The molecular weight excluding hydrogens is 250 g/mol. The van der Waals surface area contributed by atoms with Crippen LogP contribution in [0.5, 0.6) is 11.5 Å². The third kappa shape index (κ3) is 4.00. The molecule has 0 aliphatic rings. The molecule has 1 unspecified atom stereocenters. The highest BCUT2D eigenvalue weighted by atomic mass is 16.5. The summed E-state index contributed by atoms with van der Waals surface area (Å²) < 4.78 is 10.9. The Hall–Kier alpha value is -2.00. The largest absolute Gasteiger partial charge is 0.497 e. The van der Waals surface area contributed by atoms with Crippen molar-refractivity contribution in [3.63, 3.8) is 0 Å². The molecule has 3 heteroatoms. The van der Waals surface area contributed by atoms with E-state index in [2.05, 4.69) is 17.4 Å². The Morgan fingerprint density at radius 3 is 2.25 bits per heavy atom. The van der Waals surface area contributed by atoms with Crippen molar-refractivity contribution in [1.29, 1.82) is 0 Å². The maximum atomic E-state index is 5.74. The lowest BCUT2D eigenvalue weighted by Gasteiger charge is -2.17. The fourth-order valence-corrected chi connectivity index (χ4v) is 2.13. The number of hydrogen-bond acceptors (Lipinski definition) is 3. The molecule has 0 heterocycles. The molecule has 3 nitrogen and oxygen atoms in total. The van der Waals surface area contributed by atoms with Crippen molar-refractivity contribution in [1.82, 2.24) is 5.32 Å². The Kier molecular flexibility index (Phi) is 5.44. The van der Waals surface area contributed by atoms with Gasteiger partial charge in [0.15, 0.2) is 0 Å². The molecule has 0 aliphatic carbocycles. The van der Waals surface area contributed by atoms with Crippen molar-refractivity contribution >= 4 is 0 Å². The minimum Gasteiger partial charge on any atom is -0.497 e. The molecule has 2 aromatic carbocycles. The van der Waals surface area contributed by atoms with Crippen LogP contribution in [0.15, 0.2) is 54.6 Å². The maximum absolute atomic E-state index is 5.74. The minimum atomic E-state index is 0.282. The summed E-state index contributed by atoms with van der Waals surface area (Å²) in [6.07, 6.45) is 0.914. The van der Waals surface area contributed by atoms with Gasteiger partial charge in [-0.25, -0.2) is 0 Å². The van der Waals surface area contributed by atoms with Crippen molar-refractivity contribution in [3.05, 3.63) is 60.2 Å². The van der Waals surface area contributed by atoms with E-state index in [0.717, 1.165) is 17.9 Å². The van der Waals surface area contributed by atoms with Crippen LogP contribution in [0.1, 0.15) is 18.0 Å². The van der Waals surface area contributed by atoms with Crippen LogP contribution in [-0.4, -0.2) is 20.8 Å². The molecule has 0 bridgehead atoms. The average molecular weight is 271 g/mol. The zero-order valence-electron chi connectivity index (χ0n) is 12.0. The molecular formula is C17H21NO2. The normalized spacial score (nSPS) is 11.9. The Morgan fingerprint density at radius 1 is 0.950 bits per heavy atom. The van der Waals surface area contributed by atoms with Gasteiger partial charge in [0, 0.05) is 12.5 Å². The van der Waals surface area contributed by atoms with Gasteiger partial charge in [-0.3, -0.25) is 0 Å². The average Bonchev–Trinajstić information content (AvgIpc) is 2.53. The van der Waals surface area contributed by atoms with E-state index in [9.17, 15) is 0 Å². The zero-order valence-corrected chi connectivity index (χ0v) is 12.0. The lowest BCUT2D eigenvalue weighted by Crippen LogP contribution is -2.19. The van der Waals surface area contributed by atoms with Gasteiger partial charge in [0.05, 0.1) is 13.7 Å². The molecule has 2 rings (SSSR count).